The number of aromatic nitrogens is 1. The van der Waals surface area contributed by atoms with E-state index in [1.165, 1.54) is 11.8 Å². The van der Waals surface area contributed by atoms with Crippen molar-refractivity contribution in [2.75, 3.05) is 19.5 Å². The maximum absolute atomic E-state index is 15.9. The number of amidine groups is 1. The minimum absolute atomic E-state index is 0.137. The fraction of sp³-hybridized carbons (Fsp3) is 0.429. The van der Waals surface area contributed by atoms with Gasteiger partial charge in [-0.05, 0) is 36.6 Å². The average molecular weight is 404 g/mol. The van der Waals surface area contributed by atoms with E-state index in [4.69, 9.17) is 15.2 Å². The van der Waals surface area contributed by atoms with Crippen LogP contribution in [0.1, 0.15) is 25.8 Å². The van der Waals surface area contributed by atoms with E-state index in [2.05, 4.69) is 16.6 Å². The van der Waals surface area contributed by atoms with Gasteiger partial charge < -0.3 is 15.2 Å². The first-order valence-corrected chi connectivity index (χ1v) is 10.1. The van der Waals surface area contributed by atoms with Crippen LogP contribution in [0.2, 0.25) is 0 Å². The molecule has 28 heavy (non-hydrogen) atoms. The van der Waals surface area contributed by atoms with Gasteiger partial charge in [-0.1, -0.05) is 36.6 Å². The molecule has 1 aromatic rings. The van der Waals surface area contributed by atoms with Crippen molar-refractivity contribution in [1.29, 1.82) is 0 Å². The zero-order valence-corrected chi connectivity index (χ0v) is 17.3. The maximum atomic E-state index is 15.9. The highest BCUT2D eigenvalue weighted by molar-refractivity contribution is 8.13. The Hall–Kier alpha value is -2.12. The van der Waals surface area contributed by atoms with Crippen LogP contribution in [0, 0.1) is 0 Å². The van der Waals surface area contributed by atoms with Gasteiger partial charge in [0.25, 0.3) is 0 Å². The quantitative estimate of drug-likeness (QED) is 0.755. The van der Waals surface area contributed by atoms with Crippen molar-refractivity contribution in [3.05, 3.63) is 54.4 Å². The number of thioether (sulfide) groups is 1. The zero-order valence-electron chi connectivity index (χ0n) is 16.4. The molecule has 7 heteroatoms. The molecule has 2 aliphatic heterocycles. The van der Waals surface area contributed by atoms with E-state index in [0.717, 1.165) is 11.1 Å². The summed E-state index contributed by atoms with van der Waals surface area (Å²) in [6, 6.07) is 1.91. The van der Waals surface area contributed by atoms with Gasteiger partial charge in [-0.25, -0.2) is 9.38 Å². The van der Waals surface area contributed by atoms with Crippen molar-refractivity contribution in [2.45, 2.75) is 37.6 Å². The standard InChI is InChI=1S/C21H26FN3O2S/c1-14(17-8-18(26-4)11-24-10-17)6-5-7-15(2)21-12-27-16(3)9-20(21,22)13-28-19(23)25-21/h5-8,10-11,16H,2,9,12-13H2,1,3-4H3,(H2,23,25)/b7-5-,14-6+/t16-,20+,21+/m0/s1. The fourth-order valence-electron chi connectivity index (χ4n) is 3.54. The third-order valence-electron chi connectivity index (χ3n) is 5.26. The molecular weight excluding hydrogens is 377 g/mol. The Kier molecular flexibility index (Phi) is 5.95. The smallest absolute Gasteiger partial charge is 0.155 e. The lowest BCUT2D eigenvalue weighted by Crippen LogP contribution is -2.62. The highest BCUT2D eigenvalue weighted by Gasteiger charge is 2.59. The highest BCUT2D eigenvalue weighted by Crippen LogP contribution is 2.48. The van der Waals surface area contributed by atoms with E-state index in [0.29, 0.717) is 16.5 Å². The largest absolute Gasteiger partial charge is 0.495 e. The fourth-order valence-corrected chi connectivity index (χ4v) is 4.49. The number of hydrogen-bond acceptors (Lipinski definition) is 6. The first-order chi connectivity index (χ1) is 13.3. The molecule has 1 aromatic heterocycles. The summed E-state index contributed by atoms with van der Waals surface area (Å²) in [6.45, 7) is 8.10. The normalized spacial score (nSPS) is 30.6. The summed E-state index contributed by atoms with van der Waals surface area (Å²) < 4.78 is 26.9. The average Bonchev–Trinajstić information content (AvgIpc) is 2.68. The van der Waals surface area contributed by atoms with Gasteiger partial charge in [-0.15, -0.1) is 0 Å². The molecule has 0 aromatic carbocycles. The highest BCUT2D eigenvalue weighted by atomic mass is 32.2. The molecule has 0 spiro atoms. The molecular formula is C21H26FN3O2S. The van der Waals surface area contributed by atoms with Crippen LogP contribution in [0.25, 0.3) is 5.57 Å². The summed E-state index contributed by atoms with van der Waals surface area (Å²) in [6.07, 6.45) is 9.09. The van der Waals surface area contributed by atoms with Crippen molar-refractivity contribution in [3.8, 4) is 5.75 Å². The number of ether oxygens (including phenoxy) is 2. The Bertz CT molecular complexity index is 854. The SMILES string of the molecule is C=C(/C=C\C=C(/C)c1cncc(OC)c1)[C@]12CO[C@@H](C)C[C@@]1(F)CSC(N)=N2. The molecule has 5 nitrogen and oxygen atoms in total. The van der Waals surface area contributed by atoms with Gasteiger partial charge in [-0.2, -0.15) is 0 Å². The second kappa shape index (κ2) is 8.09. The molecule has 0 amide bonds. The van der Waals surface area contributed by atoms with Crippen LogP contribution >= 0.6 is 11.8 Å². The Morgan fingerprint density at radius 1 is 1.50 bits per heavy atom. The van der Waals surface area contributed by atoms with Gasteiger partial charge in [-0.3, -0.25) is 4.98 Å². The number of allylic oxidation sites excluding steroid dienone is 3. The van der Waals surface area contributed by atoms with Gasteiger partial charge in [0.15, 0.2) is 10.8 Å². The minimum Gasteiger partial charge on any atom is -0.495 e. The van der Waals surface area contributed by atoms with Gasteiger partial charge in [0.05, 0.1) is 26.0 Å². The van der Waals surface area contributed by atoms with E-state index in [-0.39, 0.29) is 24.9 Å². The second-order valence-corrected chi connectivity index (χ2v) is 8.23. The topological polar surface area (TPSA) is 69.7 Å². The van der Waals surface area contributed by atoms with Crippen LogP contribution in [0.15, 0.2) is 53.8 Å². The summed E-state index contributed by atoms with van der Waals surface area (Å²) in [7, 11) is 1.61. The number of fused-ring (bicyclic) bond motifs is 1. The third kappa shape index (κ3) is 3.86. The predicted octanol–water partition coefficient (Wildman–Crippen LogP) is 3.92. The van der Waals surface area contributed by atoms with Crippen LogP contribution in [-0.4, -0.2) is 46.9 Å². The van der Waals surface area contributed by atoms with Crippen LogP contribution < -0.4 is 10.5 Å². The minimum atomic E-state index is -1.53. The number of alkyl halides is 1. The van der Waals surface area contributed by atoms with Gasteiger partial charge in [0.1, 0.15) is 11.3 Å². The molecule has 0 unspecified atom stereocenters. The maximum Gasteiger partial charge on any atom is 0.155 e. The Balaban J connectivity index is 1.84. The van der Waals surface area contributed by atoms with Gasteiger partial charge in [0.2, 0.25) is 0 Å². The predicted molar refractivity (Wildman–Crippen MR) is 113 cm³/mol. The number of hydrogen-bond donors (Lipinski definition) is 1. The van der Waals surface area contributed by atoms with Crippen molar-refractivity contribution in [1.82, 2.24) is 4.98 Å². The Morgan fingerprint density at radius 3 is 3.04 bits per heavy atom. The van der Waals surface area contributed by atoms with Crippen LogP contribution in [0.5, 0.6) is 5.75 Å². The summed E-state index contributed by atoms with van der Waals surface area (Å²) in [5, 5.41) is 0.371. The zero-order chi connectivity index (χ0) is 20.4. The number of halogens is 1. The number of nitrogens with two attached hydrogens (primary N) is 1. The third-order valence-corrected chi connectivity index (χ3v) is 6.25. The monoisotopic (exact) mass is 403 g/mol. The lowest BCUT2D eigenvalue weighted by Gasteiger charge is -2.50. The first kappa shape index (κ1) is 20.6. The van der Waals surface area contributed by atoms with Crippen molar-refractivity contribution >= 4 is 22.5 Å². The molecule has 3 heterocycles. The lowest BCUT2D eigenvalue weighted by atomic mass is 9.73. The molecule has 1 saturated heterocycles. The van der Waals surface area contributed by atoms with Crippen LogP contribution in [0.3, 0.4) is 0 Å². The number of nitrogens with zero attached hydrogens (tertiary/aromatic N) is 2. The van der Waals surface area contributed by atoms with E-state index in [1.807, 2.05) is 32.1 Å². The Morgan fingerprint density at radius 2 is 2.29 bits per heavy atom. The number of methoxy groups -OCH3 is 1. The summed E-state index contributed by atoms with van der Waals surface area (Å²) in [5.41, 5.74) is 5.72. The molecule has 0 bridgehead atoms. The molecule has 3 rings (SSSR count). The van der Waals surface area contributed by atoms with Crippen LogP contribution in [-0.2, 0) is 4.74 Å². The van der Waals surface area contributed by atoms with E-state index in [9.17, 15) is 0 Å². The summed E-state index contributed by atoms with van der Waals surface area (Å²) in [5.74, 6) is 0.950. The molecule has 0 radical (unpaired) electrons. The molecule has 1 fully saturated rings. The lowest BCUT2D eigenvalue weighted by molar-refractivity contribution is -0.0884. The number of rotatable bonds is 5. The number of aliphatic imine (C=N–C) groups is 1. The van der Waals surface area contributed by atoms with Crippen molar-refractivity contribution in [3.63, 3.8) is 0 Å². The van der Waals surface area contributed by atoms with Crippen LogP contribution in [0.4, 0.5) is 4.39 Å². The first-order valence-electron chi connectivity index (χ1n) is 9.12. The molecule has 2 aliphatic rings. The van der Waals surface area contributed by atoms with Crippen molar-refractivity contribution in [2.24, 2.45) is 10.7 Å². The van der Waals surface area contributed by atoms with Gasteiger partial charge >= 0.3 is 0 Å². The van der Waals surface area contributed by atoms with E-state index >= 15 is 4.39 Å². The summed E-state index contributed by atoms with van der Waals surface area (Å²) in [4.78, 5) is 8.64. The number of pyridine rings is 1. The molecule has 0 aliphatic carbocycles. The van der Waals surface area contributed by atoms with Gasteiger partial charge in [0, 0.05) is 18.4 Å². The molecule has 150 valence electrons. The second-order valence-electron chi connectivity index (χ2n) is 7.24. The Labute approximate surface area is 169 Å². The van der Waals surface area contributed by atoms with Crippen molar-refractivity contribution < 1.29 is 13.9 Å². The van der Waals surface area contributed by atoms with E-state index < -0.39 is 11.2 Å². The molecule has 2 N–H and O–H groups in total. The summed E-state index contributed by atoms with van der Waals surface area (Å²) >= 11 is 1.25. The van der Waals surface area contributed by atoms with E-state index in [1.54, 1.807) is 25.6 Å². The molecule has 0 saturated carbocycles. The molecule has 3 atom stereocenters.